The van der Waals surface area contributed by atoms with E-state index in [0.717, 1.165) is 38.4 Å². The second-order valence-electron chi connectivity index (χ2n) is 8.95. The normalized spacial score (nSPS) is 17.7. The van der Waals surface area contributed by atoms with Gasteiger partial charge in [0.2, 0.25) is 5.91 Å². The van der Waals surface area contributed by atoms with Crippen molar-refractivity contribution in [1.29, 1.82) is 0 Å². The quantitative estimate of drug-likeness (QED) is 0.483. The highest BCUT2D eigenvalue weighted by atomic mass is 19.3. The van der Waals surface area contributed by atoms with Crippen molar-refractivity contribution in [2.75, 3.05) is 20.1 Å². The number of amidine groups is 1. The molecule has 0 bridgehead atoms. The Morgan fingerprint density at radius 2 is 1.81 bits per heavy atom. The maximum atomic E-state index is 14.3. The van der Waals surface area contributed by atoms with E-state index in [4.69, 9.17) is 0 Å². The predicted molar refractivity (Wildman–Crippen MR) is 119 cm³/mol. The van der Waals surface area contributed by atoms with Gasteiger partial charge in [0.1, 0.15) is 11.5 Å². The van der Waals surface area contributed by atoms with Crippen molar-refractivity contribution in [3.05, 3.63) is 46.5 Å². The number of nitrogens with zero attached hydrogens (tertiary/aromatic N) is 2. The summed E-state index contributed by atoms with van der Waals surface area (Å²) in [4.78, 5) is 17.6. The number of aliphatic imine (C=N–C) groups is 1. The summed E-state index contributed by atoms with van der Waals surface area (Å²) in [5.74, 6) is -2.29. The number of amides is 1. The molecule has 1 aromatic rings. The summed E-state index contributed by atoms with van der Waals surface area (Å²) in [5, 5.41) is 2.73. The summed E-state index contributed by atoms with van der Waals surface area (Å²) < 4.78 is 42.8. The molecule has 31 heavy (non-hydrogen) atoms. The Morgan fingerprint density at radius 1 is 1.19 bits per heavy atom. The first-order chi connectivity index (χ1) is 14.3. The van der Waals surface area contributed by atoms with Crippen LogP contribution in [-0.2, 0) is 22.9 Å². The first kappa shape index (κ1) is 25.1. The summed E-state index contributed by atoms with van der Waals surface area (Å²) >= 11 is 0. The molecule has 0 spiro atoms. The molecule has 0 atom stereocenters. The van der Waals surface area contributed by atoms with Crippen LogP contribution in [-0.4, -0.2) is 36.8 Å². The van der Waals surface area contributed by atoms with Gasteiger partial charge < -0.3 is 5.32 Å². The van der Waals surface area contributed by atoms with Gasteiger partial charge in [-0.1, -0.05) is 18.2 Å². The van der Waals surface area contributed by atoms with Crippen LogP contribution in [0, 0.1) is 5.92 Å². The molecule has 172 valence electrons. The number of carbonyl (C=O) groups is 1. The summed E-state index contributed by atoms with van der Waals surface area (Å²) in [6.45, 7) is 8.95. The lowest BCUT2D eigenvalue weighted by molar-refractivity contribution is -0.117. The number of allylic oxidation sites excluding steroid dienone is 1. The van der Waals surface area contributed by atoms with E-state index in [2.05, 4.69) is 21.3 Å². The third-order valence-corrected chi connectivity index (χ3v) is 5.67. The Balaban J connectivity index is 2.08. The Kier molecular flexibility index (Phi) is 8.09. The molecule has 4 nitrogen and oxygen atoms in total. The van der Waals surface area contributed by atoms with E-state index >= 15 is 0 Å². The van der Waals surface area contributed by atoms with Gasteiger partial charge in [-0.15, -0.1) is 0 Å². The molecule has 7 heteroatoms. The highest BCUT2D eigenvalue weighted by Crippen LogP contribution is 2.35. The van der Waals surface area contributed by atoms with Gasteiger partial charge in [0, 0.05) is 33.0 Å². The molecule has 0 unspecified atom stereocenters. The van der Waals surface area contributed by atoms with E-state index in [9.17, 15) is 18.0 Å². The third kappa shape index (κ3) is 7.20. The zero-order valence-electron chi connectivity index (χ0n) is 19.4. The molecule has 1 saturated heterocycles. The first-order valence-corrected chi connectivity index (χ1v) is 10.7. The van der Waals surface area contributed by atoms with Crippen LogP contribution in [0.2, 0.25) is 0 Å². The van der Waals surface area contributed by atoms with Gasteiger partial charge in [0.05, 0.1) is 0 Å². The number of hydrogen-bond acceptors (Lipinski definition) is 3. The van der Waals surface area contributed by atoms with Gasteiger partial charge >= 0.3 is 0 Å². The number of halogens is 3. The molecule has 1 heterocycles. The van der Waals surface area contributed by atoms with Crippen molar-refractivity contribution in [1.82, 2.24) is 10.2 Å². The number of hydrogen-bond donors (Lipinski definition) is 1. The number of carbonyl (C=O) groups excluding carboxylic acids is 1. The highest BCUT2D eigenvalue weighted by molar-refractivity contribution is 6.06. The third-order valence-electron chi connectivity index (χ3n) is 5.67. The number of piperidine rings is 1. The zero-order valence-corrected chi connectivity index (χ0v) is 19.4. The van der Waals surface area contributed by atoms with E-state index in [1.54, 1.807) is 19.2 Å². The first-order valence-electron chi connectivity index (χ1n) is 10.7. The molecule has 1 aromatic carbocycles. The maximum Gasteiger partial charge on any atom is 0.270 e. The Hall–Kier alpha value is -2.15. The minimum Gasteiger partial charge on any atom is -0.311 e. The lowest BCUT2D eigenvalue weighted by Crippen LogP contribution is -2.34. The van der Waals surface area contributed by atoms with Crippen molar-refractivity contribution in [2.24, 2.45) is 10.9 Å². The number of nitrogens with one attached hydrogen (secondary N) is 1. The molecule has 0 saturated carbocycles. The topological polar surface area (TPSA) is 44.7 Å². The lowest BCUT2D eigenvalue weighted by atomic mass is 9.91. The van der Waals surface area contributed by atoms with Crippen LogP contribution in [0.15, 0.2) is 34.8 Å². The average Bonchev–Trinajstić information content (AvgIpc) is 2.66. The van der Waals surface area contributed by atoms with Gasteiger partial charge in [0.25, 0.3) is 5.92 Å². The number of rotatable bonds is 6. The smallest absolute Gasteiger partial charge is 0.270 e. The summed E-state index contributed by atoms with van der Waals surface area (Å²) in [6, 6.07) is 4.55. The predicted octanol–water partition coefficient (Wildman–Crippen LogP) is 5.33. The summed E-state index contributed by atoms with van der Waals surface area (Å²) in [6.07, 6.45) is 3.91. The molecule has 1 aliphatic rings. The van der Waals surface area contributed by atoms with E-state index in [0.29, 0.717) is 23.9 Å². The van der Waals surface area contributed by atoms with E-state index in [1.165, 1.54) is 26.8 Å². The van der Waals surface area contributed by atoms with Crippen LogP contribution in [0.1, 0.15) is 64.2 Å². The molecule has 1 N–H and O–H groups in total. The highest BCUT2D eigenvalue weighted by Gasteiger charge is 2.31. The van der Waals surface area contributed by atoms with Crippen LogP contribution in [0.3, 0.4) is 0 Å². The SMILES string of the molecule is CN=C(NC(C)=O)/C(C)=C/C1CCN(Cc2ccc(C(C)(C)F)cc2C(C)(F)F)CC1. The second kappa shape index (κ2) is 9.98. The molecule has 2 rings (SSSR count). The molecular weight excluding hydrogens is 403 g/mol. The van der Waals surface area contributed by atoms with Crippen LogP contribution in [0.4, 0.5) is 13.2 Å². The van der Waals surface area contributed by atoms with Crippen LogP contribution in [0.5, 0.6) is 0 Å². The van der Waals surface area contributed by atoms with Gasteiger partial charge in [-0.25, -0.2) is 13.2 Å². The van der Waals surface area contributed by atoms with Crippen LogP contribution in [0.25, 0.3) is 0 Å². The summed E-state index contributed by atoms with van der Waals surface area (Å²) in [7, 11) is 1.64. The molecule has 0 aliphatic carbocycles. The van der Waals surface area contributed by atoms with E-state index < -0.39 is 11.6 Å². The Bertz CT molecular complexity index is 843. The van der Waals surface area contributed by atoms with E-state index in [1.807, 2.05) is 6.92 Å². The molecule has 0 radical (unpaired) electrons. The Morgan fingerprint density at radius 3 is 2.29 bits per heavy atom. The number of likely N-dealkylation sites (tertiary alicyclic amines) is 1. The van der Waals surface area contributed by atoms with Crippen molar-refractivity contribution in [2.45, 2.75) is 65.6 Å². The van der Waals surface area contributed by atoms with Crippen molar-refractivity contribution in [3.8, 4) is 0 Å². The fourth-order valence-electron chi connectivity index (χ4n) is 3.94. The fourth-order valence-corrected chi connectivity index (χ4v) is 3.94. The average molecular weight is 438 g/mol. The maximum absolute atomic E-state index is 14.3. The van der Waals surface area contributed by atoms with Crippen LogP contribution >= 0.6 is 0 Å². The van der Waals surface area contributed by atoms with Gasteiger partial charge in [-0.2, -0.15) is 0 Å². The molecule has 0 aromatic heterocycles. The standard InChI is InChI=1S/C24H34F3N3O/c1-16(22(28-6)29-17(2)31)13-18-9-11-30(12-10-18)15-19-7-8-20(23(3,4)25)14-21(19)24(5,26)27/h7-8,13-14,18H,9-12,15H2,1-6H3,(H,28,29,31)/b16-13+. The minimum absolute atomic E-state index is 0.104. The summed E-state index contributed by atoms with van der Waals surface area (Å²) in [5.41, 5.74) is -0.0449. The fraction of sp³-hybridized carbons (Fsp3) is 0.583. The molecule has 1 amide bonds. The van der Waals surface area contributed by atoms with Crippen molar-refractivity contribution >= 4 is 11.7 Å². The van der Waals surface area contributed by atoms with Crippen LogP contribution < -0.4 is 5.32 Å². The minimum atomic E-state index is -3.03. The largest absolute Gasteiger partial charge is 0.311 e. The van der Waals surface area contributed by atoms with Crippen molar-refractivity contribution < 1.29 is 18.0 Å². The van der Waals surface area contributed by atoms with Gasteiger partial charge in [0.15, 0.2) is 0 Å². The van der Waals surface area contributed by atoms with Gasteiger partial charge in [-0.3, -0.25) is 14.7 Å². The zero-order chi connectivity index (χ0) is 23.4. The molecule has 1 fully saturated rings. The lowest BCUT2D eigenvalue weighted by Gasteiger charge is -2.32. The number of benzene rings is 1. The van der Waals surface area contributed by atoms with Crippen molar-refractivity contribution in [3.63, 3.8) is 0 Å². The molecular formula is C24H34F3N3O. The van der Waals surface area contributed by atoms with E-state index in [-0.39, 0.29) is 17.0 Å². The Labute approximate surface area is 183 Å². The van der Waals surface area contributed by atoms with Gasteiger partial charge in [-0.05, 0) is 75.4 Å². The second-order valence-corrected chi connectivity index (χ2v) is 8.95. The number of alkyl halides is 3. The molecule has 1 aliphatic heterocycles. The monoisotopic (exact) mass is 437 g/mol.